The monoisotopic (exact) mass is 505 g/mol. The Morgan fingerprint density at radius 1 is 0.944 bits per heavy atom. The Labute approximate surface area is 212 Å². The summed E-state index contributed by atoms with van der Waals surface area (Å²) in [6.07, 6.45) is 1.21. The molecule has 1 aliphatic rings. The van der Waals surface area contributed by atoms with Crippen molar-refractivity contribution >= 4 is 44.3 Å². The third kappa shape index (κ3) is 5.59. The Bertz CT molecular complexity index is 1380. The van der Waals surface area contributed by atoms with Gasteiger partial charge in [0.2, 0.25) is 10.0 Å². The van der Waals surface area contributed by atoms with E-state index in [1.165, 1.54) is 10.6 Å². The second-order valence-electron chi connectivity index (χ2n) is 8.96. The average molecular weight is 506 g/mol. The van der Waals surface area contributed by atoms with E-state index in [9.17, 15) is 13.2 Å². The Morgan fingerprint density at radius 3 is 2.22 bits per heavy atom. The molecular weight excluding hydrogens is 474 g/mol. The molecule has 1 aliphatic heterocycles. The van der Waals surface area contributed by atoms with Crippen molar-refractivity contribution in [3.05, 3.63) is 89.5 Å². The first-order valence-corrected chi connectivity index (χ1v) is 13.5. The highest BCUT2D eigenvalue weighted by Crippen LogP contribution is 2.37. The van der Waals surface area contributed by atoms with Crippen LogP contribution in [0.4, 0.5) is 17.1 Å². The fourth-order valence-electron chi connectivity index (χ4n) is 4.08. The molecule has 0 unspecified atom stereocenters. The molecule has 0 radical (unpaired) electrons. The summed E-state index contributed by atoms with van der Waals surface area (Å²) in [4.78, 5) is 15.0. The van der Waals surface area contributed by atoms with Crippen LogP contribution in [0.5, 0.6) is 0 Å². The fourth-order valence-corrected chi connectivity index (χ4v) is 5.00. The number of amides is 1. The van der Waals surface area contributed by atoms with E-state index in [1.54, 1.807) is 12.1 Å². The number of likely N-dealkylation sites (N-methyl/N-ethyl adjacent to an activating group) is 1. The number of fused-ring (bicyclic) bond motifs is 1. The number of sulfonamides is 1. The minimum atomic E-state index is -3.44. The second-order valence-corrected chi connectivity index (χ2v) is 10.9. The van der Waals surface area contributed by atoms with Gasteiger partial charge >= 0.3 is 0 Å². The SMILES string of the molecule is CN(C)CCN(c1ccc(NC(=C2C(=O)Nc3ccccc32)c2ccc(CN)cc2)cc1)S(C)(=O)=O. The molecule has 0 aliphatic carbocycles. The molecule has 0 saturated carbocycles. The van der Waals surface area contributed by atoms with Gasteiger partial charge in [-0.15, -0.1) is 0 Å². The topological polar surface area (TPSA) is 108 Å². The highest BCUT2D eigenvalue weighted by molar-refractivity contribution is 7.92. The maximum absolute atomic E-state index is 13.0. The molecule has 4 N–H and O–H groups in total. The maximum atomic E-state index is 13.0. The van der Waals surface area contributed by atoms with Crippen LogP contribution in [-0.4, -0.2) is 52.7 Å². The molecule has 3 aromatic carbocycles. The number of para-hydroxylation sites is 1. The van der Waals surface area contributed by atoms with Crippen molar-refractivity contribution in [1.29, 1.82) is 0 Å². The lowest BCUT2D eigenvalue weighted by Crippen LogP contribution is -2.35. The molecule has 0 bridgehead atoms. The van der Waals surface area contributed by atoms with Crippen LogP contribution in [-0.2, 0) is 21.4 Å². The zero-order valence-electron chi connectivity index (χ0n) is 20.7. The van der Waals surface area contributed by atoms with Gasteiger partial charge in [-0.05, 0) is 55.6 Å². The van der Waals surface area contributed by atoms with Gasteiger partial charge in [0.1, 0.15) is 0 Å². The first kappa shape index (κ1) is 25.4. The molecular formula is C27H31N5O3S. The number of hydrogen-bond donors (Lipinski definition) is 3. The van der Waals surface area contributed by atoms with Gasteiger partial charge in [-0.25, -0.2) is 8.42 Å². The van der Waals surface area contributed by atoms with E-state index in [0.29, 0.717) is 36.6 Å². The zero-order chi connectivity index (χ0) is 25.9. The number of nitrogens with two attached hydrogens (primary N) is 1. The third-order valence-corrected chi connectivity index (χ3v) is 7.17. The standard InChI is InChI=1S/C27H31N5O3S/c1-31(2)16-17-32(36(3,34)35)22-14-12-21(13-15-22)29-26(20-10-8-19(18-28)9-11-20)25-23-6-4-5-7-24(23)30-27(25)33/h4-15,29H,16-18,28H2,1-3H3,(H,30,33). The van der Waals surface area contributed by atoms with Gasteiger partial charge in [0.15, 0.2) is 0 Å². The van der Waals surface area contributed by atoms with Gasteiger partial charge in [0.25, 0.3) is 5.91 Å². The summed E-state index contributed by atoms with van der Waals surface area (Å²) < 4.78 is 26.2. The van der Waals surface area contributed by atoms with Crippen molar-refractivity contribution in [2.45, 2.75) is 6.54 Å². The molecule has 3 aromatic rings. The Balaban J connectivity index is 1.73. The van der Waals surface area contributed by atoms with Crippen molar-refractivity contribution < 1.29 is 13.2 Å². The predicted molar refractivity (Wildman–Crippen MR) is 147 cm³/mol. The highest BCUT2D eigenvalue weighted by Gasteiger charge is 2.28. The van der Waals surface area contributed by atoms with E-state index in [1.807, 2.05) is 79.7 Å². The van der Waals surface area contributed by atoms with E-state index >= 15 is 0 Å². The largest absolute Gasteiger partial charge is 0.354 e. The minimum Gasteiger partial charge on any atom is -0.354 e. The smallest absolute Gasteiger partial charge is 0.258 e. The predicted octanol–water partition coefficient (Wildman–Crippen LogP) is 3.41. The van der Waals surface area contributed by atoms with Crippen LogP contribution < -0.4 is 20.7 Å². The summed E-state index contributed by atoms with van der Waals surface area (Å²) in [6, 6.07) is 22.5. The average Bonchev–Trinajstić information content (AvgIpc) is 3.18. The normalized spacial score (nSPS) is 14.4. The number of nitrogens with one attached hydrogen (secondary N) is 2. The quantitative estimate of drug-likeness (QED) is 0.385. The molecule has 36 heavy (non-hydrogen) atoms. The zero-order valence-corrected chi connectivity index (χ0v) is 21.5. The van der Waals surface area contributed by atoms with Crippen LogP contribution in [0.1, 0.15) is 16.7 Å². The number of anilines is 3. The lowest BCUT2D eigenvalue weighted by molar-refractivity contribution is -0.110. The molecule has 0 saturated heterocycles. The van der Waals surface area contributed by atoms with E-state index in [2.05, 4.69) is 10.6 Å². The number of benzene rings is 3. The molecule has 1 heterocycles. The van der Waals surface area contributed by atoms with E-state index in [0.717, 1.165) is 28.1 Å². The second kappa shape index (κ2) is 10.5. The van der Waals surface area contributed by atoms with Crippen molar-refractivity contribution in [3.8, 4) is 0 Å². The first-order chi connectivity index (χ1) is 17.2. The van der Waals surface area contributed by atoms with Gasteiger partial charge in [-0.3, -0.25) is 9.10 Å². The van der Waals surface area contributed by atoms with E-state index < -0.39 is 10.0 Å². The van der Waals surface area contributed by atoms with Crippen LogP contribution in [0, 0.1) is 0 Å². The molecule has 8 nitrogen and oxygen atoms in total. The Hall–Kier alpha value is -3.66. The van der Waals surface area contributed by atoms with Crippen LogP contribution in [0.25, 0.3) is 11.3 Å². The molecule has 1 amide bonds. The van der Waals surface area contributed by atoms with Gasteiger partial charge in [0, 0.05) is 36.6 Å². The fraction of sp³-hybridized carbons (Fsp3) is 0.222. The number of carbonyl (C=O) groups is 1. The van der Waals surface area contributed by atoms with Crippen LogP contribution in [0.2, 0.25) is 0 Å². The number of rotatable bonds is 9. The maximum Gasteiger partial charge on any atom is 0.258 e. The summed E-state index contributed by atoms with van der Waals surface area (Å²) in [6.45, 7) is 1.37. The summed E-state index contributed by atoms with van der Waals surface area (Å²) in [5.74, 6) is -0.190. The molecule has 188 valence electrons. The van der Waals surface area contributed by atoms with Gasteiger partial charge in [0.05, 0.1) is 23.2 Å². The van der Waals surface area contributed by atoms with Crippen molar-refractivity contribution in [3.63, 3.8) is 0 Å². The van der Waals surface area contributed by atoms with E-state index in [4.69, 9.17) is 5.73 Å². The number of hydrogen-bond acceptors (Lipinski definition) is 6. The number of nitrogens with zero attached hydrogens (tertiary/aromatic N) is 2. The molecule has 0 aromatic heterocycles. The third-order valence-electron chi connectivity index (χ3n) is 5.98. The molecule has 9 heteroatoms. The van der Waals surface area contributed by atoms with E-state index in [-0.39, 0.29) is 5.91 Å². The van der Waals surface area contributed by atoms with Crippen molar-refractivity contribution in [2.24, 2.45) is 5.73 Å². The molecule has 0 atom stereocenters. The van der Waals surface area contributed by atoms with Crippen LogP contribution in [0.3, 0.4) is 0 Å². The molecule has 0 spiro atoms. The lowest BCUT2D eigenvalue weighted by Gasteiger charge is -2.24. The van der Waals surface area contributed by atoms with Crippen LogP contribution in [0.15, 0.2) is 72.8 Å². The van der Waals surface area contributed by atoms with Crippen LogP contribution >= 0.6 is 0 Å². The van der Waals surface area contributed by atoms with Crippen molar-refractivity contribution in [1.82, 2.24) is 4.90 Å². The van der Waals surface area contributed by atoms with Gasteiger partial charge in [-0.2, -0.15) is 0 Å². The summed E-state index contributed by atoms with van der Waals surface area (Å²) in [7, 11) is 0.366. The van der Waals surface area contributed by atoms with Gasteiger partial charge < -0.3 is 21.3 Å². The number of carbonyl (C=O) groups excluding carboxylic acids is 1. The summed E-state index contributed by atoms with van der Waals surface area (Å²) >= 11 is 0. The highest BCUT2D eigenvalue weighted by atomic mass is 32.2. The summed E-state index contributed by atoms with van der Waals surface area (Å²) in [5.41, 5.74) is 11.7. The van der Waals surface area contributed by atoms with Gasteiger partial charge in [-0.1, -0.05) is 42.5 Å². The summed E-state index contributed by atoms with van der Waals surface area (Å²) in [5, 5.41) is 6.35. The molecule has 4 rings (SSSR count). The Kier molecular flexibility index (Phi) is 7.44. The molecule has 0 fully saturated rings. The lowest BCUT2D eigenvalue weighted by atomic mass is 9.99. The van der Waals surface area contributed by atoms with Crippen molar-refractivity contribution in [2.75, 3.05) is 48.4 Å². The Morgan fingerprint density at radius 2 is 1.61 bits per heavy atom. The first-order valence-electron chi connectivity index (χ1n) is 11.6. The minimum absolute atomic E-state index is 0.190.